The molecule has 15 heteroatoms. The van der Waals surface area contributed by atoms with Crippen LogP contribution in [0.3, 0.4) is 0 Å². The molecule has 1 saturated heterocycles. The zero-order valence-electron chi connectivity index (χ0n) is 29.1. The van der Waals surface area contributed by atoms with Crippen molar-refractivity contribution in [1.82, 2.24) is 0 Å². The molecule has 0 spiro atoms. The van der Waals surface area contributed by atoms with Crippen LogP contribution in [-0.4, -0.2) is 79.0 Å². The first-order chi connectivity index (χ1) is 26.4. The Morgan fingerprint density at radius 3 is 1.62 bits per heavy atom. The maximum atomic E-state index is 14.5. The highest BCUT2D eigenvalue weighted by Crippen LogP contribution is 2.35. The van der Waals surface area contributed by atoms with Gasteiger partial charge in [0.05, 0.1) is 28.8 Å². The third kappa shape index (κ3) is 11.3. The van der Waals surface area contributed by atoms with Crippen LogP contribution in [0.2, 0.25) is 0 Å². The topological polar surface area (TPSA) is 153 Å². The second-order valence-corrected chi connectivity index (χ2v) is 12.0. The summed E-state index contributed by atoms with van der Waals surface area (Å²) < 4.78 is 77.5. The van der Waals surface area contributed by atoms with Gasteiger partial charge in [-0.3, -0.25) is 4.79 Å². The number of ether oxygens (including phenoxy) is 6. The molecule has 1 aliphatic rings. The Morgan fingerprint density at radius 2 is 1.13 bits per heavy atom. The molecule has 1 fully saturated rings. The fourth-order valence-corrected chi connectivity index (χ4v) is 5.24. The number of nitrogens with zero attached hydrogens (tertiary/aromatic N) is 1. The summed E-state index contributed by atoms with van der Waals surface area (Å²) in [5, 5.41) is 0. The van der Waals surface area contributed by atoms with Gasteiger partial charge in [0, 0.05) is 6.42 Å². The second kappa shape index (κ2) is 18.6. The van der Waals surface area contributed by atoms with Gasteiger partial charge in [-0.25, -0.2) is 19.4 Å². The number of aliphatic imine (C=N–C) groups is 1. The van der Waals surface area contributed by atoms with Crippen molar-refractivity contribution in [1.29, 1.82) is 0 Å². The first kappa shape index (κ1) is 39.8. The lowest BCUT2D eigenvalue weighted by molar-refractivity contribution is -0.180. The first-order valence-electron chi connectivity index (χ1n) is 16.8. The highest BCUT2D eigenvalue weighted by molar-refractivity contribution is 5.91. The van der Waals surface area contributed by atoms with E-state index in [2.05, 4.69) is 4.99 Å². The summed E-state index contributed by atoms with van der Waals surface area (Å²) in [5.74, 6) is -6.13. The lowest BCUT2D eigenvalue weighted by Crippen LogP contribution is -2.47. The minimum Gasteiger partial charge on any atom is -0.458 e. The maximum Gasteiger partial charge on any atom is 0.468 e. The van der Waals surface area contributed by atoms with E-state index in [-0.39, 0.29) is 34.6 Å². The Labute approximate surface area is 312 Å². The average molecular weight is 762 g/mol. The first-order valence-corrected chi connectivity index (χ1v) is 16.8. The number of rotatable bonds is 14. The minimum atomic E-state index is -5.23. The van der Waals surface area contributed by atoms with Crippen LogP contribution >= 0.6 is 0 Å². The SMILES string of the molecule is CC(=O)CCC(=O)O[C@H](COC(=O)c1ccccc1)[C@@H]1O[C@@H](OC(=Nc2ccccc2)C(F)(F)F)C(OC(=O)c2ccccc2)C1OC(=O)c1ccccc1. The molecule has 4 aromatic rings. The number of Topliss-reactive ketones (excluding diaryl/α,β-unsaturated/α-hetero) is 1. The number of para-hydroxylation sites is 1. The van der Waals surface area contributed by atoms with E-state index in [4.69, 9.17) is 28.4 Å². The molecule has 2 unspecified atom stereocenters. The summed E-state index contributed by atoms with van der Waals surface area (Å²) in [6.45, 7) is 0.453. The molecule has 1 aliphatic heterocycles. The highest BCUT2D eigenvalue weighted by Gasteiger charge is 2.57. The molecule has 0 bridgehead atoms. The van der Waals surface area contributed by atoms with E-state index in [1.807, 2.05) is 0 Å². The number of carbonyl (C=O) groups excluding carboxylic acids is 5. The van der Waals surface area contributed by atoms with E-state index in [1.165, 1.54) is 91.9 Å². The number of alkyl halides is 3. The van der Waals surface area contributed by atoms with Gasteiger partial charge in [0.15, 0.2) is 12.2 Å². The summed E-state index contributed by atoms with van der Waals surface area (Å²) in [6, 6.07) is 29.5. The van der Waals surface area contributed by atoms with Crippen molar-refractivity contribution >= 4 is 41.2 Å². The normalized spacial score (nSPS) is 18.7. The van der Waals surface area contributed by atoms with Crippen LogP contribution in [0.15, 0.2) is 126 Å². The molecule has 0 radical (unpaired) electrons. The Kier molecular flexibility index (Phi) is 13.5. The fraction of sp³-hybridized carbons (Fsp3) is 0.250. The zero-order chi connectivity index (χ0) is 39.4. The van der Waals surface area contributed by atoms with Crippen molar-refractivity contribution < 1.29 is 65.6 Å². The van der Waals surface area contributed by atoms with Gasteiger partial charge in [-0.1, -0.05) is 72.8 Å². The fourth-order valence-electron chi connectivity index (χ4n) is 5.24. The number of carbonyl (C=O) groups is 5. The van der Waals surface area contributed by atoms with E-state index in [9.17, 15) is 37.1 Å². The van der Waals surface area contributed by atoms with E-state index in [0.717, 1.165) is 0 Å². The minimum absolute atomic E-state index is 0.00844. The summed E-state index contributed by atoms with van der Waals surface area (Å²) in [6.07, 6.45) is -15.5. The molecule has 286 valence electrons. The van der Waals surface area contributed by atoms with Crippen molar-refractivity contribution in [2.45, 2.75) is 56.6 Å². The lowest BCUT2D eigenvalue weighted by atomic mass is 10.0. The van der Waals surface area contributed by atoms with Crippen LogP contribution in [0.4, 0.5) is 18.9 Å². The predicted molar refractivity (Wildman–Crippen MR) is 187 cm³/mol. The molecular formula is C40H34F3NO11. The molecule has 55 heavy (non-hydrogen) atoms. The van der Waals surface area contributed by atoms with Gasteiger partial charge < -0.3 is 33.2 Å². The summed E-state index contributed by atoms with van der Waals surface area (Å²) in [4.78, 5) is 68.4. The van der Waals surface area contributed by atoms with Gasteiger partial charge in [-0.15, -0.1) is 0 Å². The van der Waals surface area contributed by atoms with E-state index in [0.29, 0.717) is 0 Å². The van der Waals surface area contributed by atoms with Crippen LogP contribution in [0.25, 0.3) is 0 Å². The molecule has 12 nitrogen and oxygen atoms in total. The van der Waals surface area contributed by atoms with Crippen molar-refractivity contribution in [3.63, 3.8) is 0 Å². The Balaban J connectivity index is 1.58. The van der Waals surface area contributed by atoms with Crippen LogP contribution in [0.5, 0.6) is 0 Å². The van der Waals surface area contributed by atoms with Crippen molar-refractivity contribution in [3.8, 4) is 0 Å². The van der Waals surface area contributed by atoms with Crippen LogP contribution < -0.4 is 0 Å². The van der Waals surface area contributed by atoms with Gasteiger partial charge in [0.25, 0.3) is 5.90 Å². The van der Waals surface area contributed by atoms with Crippen LogP contribution in [0.1, 0.15) is 50.8 Å². The van der Waals surface area contributed by atoms with Crippen LogP contribution in [-0.2, 0) is 38.0 Å². The molecule has 0 amide bonds. The Morgan fingerprint density at radius 1 is 0.655 bits per heavy atom. The molecule has 0 N–H and O–H groups in total. The van der Waals surface area contributed by atoms with E-state index in [1.54, 1.807) is 36.4 Å². The molecule has 5 rings (SSSR count). The number of hydrogen-bond donors (Lipinski definition) is 0. The monoisotopic (exact) mass is 761 g/mol. The smallest absolute Gasteiger partial charge is 0.458 e. The number of halogens is 3. The summed E-state index contributed by atoms with van der Waals surface area (Å²) in [7, 11) is 0. The van der Waals surface area contributed by atoms with E-state index < -0.39 is 79.7 Å². The van der Waals surface area contributed by atoms with Crippen molar-refractivity contribution in [2.75, 3.05) is 6.61 Å². The molecule has 0 aromatic heterocycles. The van der Waals surface area contributed by atoms with E-state index >= 15 is 0 Å². The summed E-state index contributed by atoms with van der Waals surface area (Å²) >= 11 is 0. The lowest BCUT2D eigenvalue weighted by Gasteiger charge is -2.28. The average Bonchev–Trinajstić information content (AvgIpc) is 3.51. The molecule has 0 saturated carbocycles. The molecule has 1 heterocycles. The highest BCUT2D eigenvalue weighted by atomic mass is 19.4. The number of ketones is 1. The Bertz CT molecular complexity index is 1960. The summed E-state index contributed by atoms with van der Waals surface area (Å²) in [5.41, 5.74) is -0.0903. The maximum absolute atomic E-state index is 14.5. The molecule has 5 atom stereocenters. The third-order valence-corrected chi connectivity index (χ3v) is 7.89. The quantitative estimate of drug-likeness (QED) is 0.0591. The van der Waals surface area contributed by atoms with Gasteiger partial charge in [0.2, 0.25) is 12.4 Å². The number of hydrogen-bond acceptors (Lipinski definition) is 12. The van der Waals surface area contributed by atoms with Gasteiger partial charge in [-0.2, -0.15) is 13.2 Å². The van der Waals surface area contributed by atoms with Gasteiger partial charge in [0.1, 0.15) is 18.5 Å². The Hall–Kier alpha value is -6.35. The molecule has 4 aromatic carbocycles. The second-order valence-electron chi connectivity index (χ2n) is 12.0. The standard InChI is InChI=1S/C40H34F3NO11/c1-25(45)22-23-31(46)51-30(24-50-35(47)26-14-6-2-7-15-26)32-33(52-36(48)27-16-8-3-9-17-27)34(53-37(49)28-18-10-4-11-19-28)38(54-32)55-39(40(41,42)43)44-29-20-12-5-13-21-29/h2-21,30,32-34,38H,22-24H2,1H3/t30-,32+,33?,34?,38+/m1/s1. The van der Waals surface area contributed by atoms with Gasteiger partial charge >= 0.3 is 30.1 Å². The van der Waals surface area contributed by atoms with Gasteiger partial charge in [-0.05, 0) is 55.5 Å². The third-order valence-electron chi connectivity index (χ3n) is 7.89. The predicted octanol–water partition coefficient (Wildman–Crippen LogP) is 6.61. The zero-order valence-corrected chi connectivity index (χ0v) is 29.1. The van der Waals surface area contributed by atoms with Crippen molar-refractivity contribution in [2.24, 2.45) is 4.99 Å². The number of benzene rings is 4. The molecule has 0 aliphatic carbocycles. The van der Waals surface area contributed by atoms with Crippen LogP contribution in [0, 0.1) is 0 Å². The molecular weight excluding hydrogens is 727 g/mol. The van der Waals surface area contributed by atoms with Crippen molar-refractivity contribution in [3.05, 3.63) is 138 Å². The largest absolute Gasteiger partial charge is 0.468 e. The number of esters is 4.